The lowest BCUT2D eigenvalue weighted by molar-refractivity contribution is 0.796. The maximum absolute atomic E-state index is 4.59. The highest BCUT2D eigenvalue weighted by Crippen LogP contribution is 2.37. The number of anilines is 2. The van der Waals surface area contributed by atoms with E-state index in [4.69, 9.17) is 0 Å². The van der Waals surface area contributed by atoms with Crippen LogP contribution in [0.3, 0.4) is 0 Å². The summed E-state index contributed by atoms with van der Waals surface area (Å²) >= 11 is 0. The molecule has 0 radical (unpaired) electrons. The van der Waals surface area contributed by atoms with Crippen LogP contribution in [0.25, 0.3) is 0 Å². The van der Waals surface area contributed by atoms with Gasteiger partial charge in [0.2, 0.25) is 0 Å². The van der Waals surface area contributed by atoms with E-state index in [1.165, 1.54) is 12.8 Å². The molecule has 1 fully saturated rings. The Balaban J connectivity index is 2.13. The minimum absolute atomic E-state index is 0.264. The molecule has 0 spiro atoms. The van der Waals surface area contributed by atoms with Crippen LogP contribution < -0.4 is 10.6 Å². The van der Waals surface area contributed by atoms with Crippen molar-refractivity contribution in [1.29, 1.82) is 0 Å². The van der Waals surface area contributed by atoms with E-state index in [2.05, 4.69) is 41.4 Å². The molecule has 1 heterocycles. The van der Waals surface area contributed by atoms with Crippen molar-refractivity contribution in [3.05, 3.63) is 11.9 Å². The van der Waals surface area contributed by atoms with Crippen molar-refractivity contribution in [1.82, 2.24) is 9.97 Å². The van der Waals surface area contributed by atoms with Crippen LogP contribution in [0.1, 0.15) is 52.3 Å². The molecule has 0 saturated heterocycles. The second-order valence-corrected chi connectivity index (χ2v) is 5.42. The van der Waals surface area contributed by atoms with Crippen molar-refractivity contribution in [2.75, 3.05) is 17.2 Å². The predicted molar refractivity (Wildman–Crippen MR) is 76.1 cm³/mol. The summed E-state index contributed by atoms with van der Waals surface area (Å²) in [5.41, 5.74) is 0.264. The zero-order valence-electron chi connectivity index (χ0n) is 11.7. The molecule has 0 aromatic carbocycles. The van der Waals surface area contributed by atoms with Crippen molar-refractivity contribution in [3.63, 3.8) is 0 Å². The summed E-state index contributed by atoms with van der Waals surface area (Å²) in [6.45, 7) is 7.52. The molecule has 4 heteroatoms. The summed E-state index contributed by atoms with van der Waals surface area (Å²) in [6.07, 6.45) is 5.59. The Hall–Kier alpha value is -1.32. The topological polar surface area (TPSA) is 49.8 Å². The van der Waals surface area contributed by atoms with Crippen molar-refractivity contribution < 1.29 is 0 Å². The lowest BCUT2D eigenvalue weighted by Crippen LogP contribution is -2.18. The van der Waals surface area contributed by atoms with Gasteiger partial charge in [-0.1, -0.05) is 13.8 Å². The summed E-state index contributed by atoms with van der Waals surface area (Å²) in [5, 5.41) is 6.87. The number of aryl methyl sites for hydroxylation is 1. The van der Waals surface area contributed by atoms with Crippen LogP contribution in [-0.2, 0) is 6.42 Å². The Morgan fingerprint density at radius 3 is 2.50 bits per heavy atom. The first kappa shape index (κ1) is 13.1. The highest BCUT2D eigenvalue weighted by atomic mass is 15.1. The Bertz CT molecular complexity index is 399. The summed E-state index contributed by atoms with van der Waals surface area (Å²) in [5.74, 6) is 2.85. The van der Waals surface area contributed by atoms with Crippen LogP contribution in [0.4, 0.5) is 11.6 Å². The van der Waals surface area contributed by atoms with Crippen molar-refractivity contribution in [3.8, 4) is 0 Å². The van der Waals surface area contributed by atoms with Gasteiger partial charge in [0.25, 0.3) is 0 Å². The molecule has 4 nitrogen and oxygen atoms in total. The molecular weight excluding hydrogens is 224 g/mol. The fourth-order valence-electron chi connectivity index (χ4n) is 1.86. The third-order valence-corrected chi connectivity index (χ3v) is 3.23. The molecule has 2 N–H and O–H groups in total. The van der Waals surface area contributed by atoms with Crippen LogP contribution in [0, 0.1) is 0 Å². The highest BCUT2D eigenvalue weighted by molar-refractivity contribution is 5.50. The second-order valence-electron chi connectivity index (χ2n) is 5.42. The molecule has 0 atom stereocenters. The van der Waals surface area contributed by atoms with Gasteiger partial charge in [-0.15, -0.1) is 0 Å². The lowest BCUT2D eigenvalue weighted by atomic mass is 10.3. The number of rotatable bonds is 7. The first-order valence-corrected chi connectivity index (χ1v) is 7.05. The van der Waals surface area contributed by atoms with E-state index in [-0.39, 0.29) is 5.54 Å². The van der Waals surface area contributed by atoms with Gasteiger partial charge < -0.3 is 10.6 Å². The normalized spacial score (nSPS) is 16.4. The number of nitrogens with one attached hydrogen (secondary N) is 2. The average molecular weight is 248 g/mol. The molecule has 0 bridgehead atoms. The maximum atomic E-state index is 4.59. The molecule has 1 aromatic rings. The summed E-state index contributed by atoms with van der Waals surface area (Å²) in [6, 6.07) is 2.03. The zero-order valence-corrected chi connectivity index (χ0v) is 11.7. The van der Waals surface area contributed by atoms with E-state index in [1.807, 2.05) is 6.07 Å². The van der Waals surface area contributed by atoms with Crippen molar-refractivity contribution in [2.45, 2.75) is 58.4 Å². The first-order valence-electron chi connectivity index (χ1n) is 7.05. The minimum Gasteiger partial charge on any atom is -0.370 e. The number of aromatic nitrogens is 2. The number of hydrogen-bond donors (Lipinski definition) is 2. The van der Waals surface area contributed by atoms with E-state index in [9.17, 15) is 0 Å². The Morgan fingerprint density at radius 1 is 1.17 bits per heavy atom. The van der Waals surface area contributed by atoms with Crippen LogP contribution in [0.2, 0.25) is 0 Å². The van der Waals surface area contributed by atoms with Gasteiger partial charge in [0.15, 0.2) is 0 Å². The van der Waals surface area contributed by atoms with Gasteiger partial charge in [-0.3, -0.25) is 0 Å². The largest absolute Gasteiger partial charge is 0.370 e. The molecule has 2 rings (SSSR count). The third kappa shape index (κ3) is 3.59. The molecule has 1 saturated carbocycles. The molecule has 100 valence electrons. The van der Waals surface area contributed by atoms with Crippen LogP contribution in [0.5, 0.6) is 0 Å². The SMILES string of the molecule is CCCNc1cc(NC2(C)CC2)nc(CCC)n1. The van der Waals surface area contributed by atoms with Gasteiger partial charge in [-0.2, -0.15) is 0 Å². The van der Waals surface area contributed by atoms with Crippen LogP contribution in [-0.4, -0.2) is 22.1 Å². The highest BCUT2D eigenvalue weighted by Gasteiger charge is 2.37. The lowest BCUT2D eigenvalue weighted by Gasteiger charge is -2.14. The monoisotopic (exact) mass is 248 g/mol. The van der Waals surface area contributed by atoms with Gasteiger partial charge in [0.05, 0.1) is 0 Å². The van der Waals surface area contributed by atoms with Crippen molar-refractivity contribution >= 4 is 11.6 Å². The van der Waals surface area contributed by atoms with Gasteiger partial charge in [-0.25, -0.2) is 9.97 Å². The Labute approximate surface area is 110 Å². The minimum atomic E-state index is 0.264. The summed E-state index contributed by atoms with van der Waals surface area (Å²) in [4.78, 5) is 9.14. The molecule has 1 aromatic heterocycles. The van der Waals surface area contributed by atoms with E-state index in [0.717, 1.165) is 43.3 Å². The van der Waals surface area contributed by atoms with Crippen LogP contribution in [0.15, 0.2) is 6.07 Å². The van der Waals surface area contributed by atoms with E-state index >= 15 is 0 Å². The zero-order chi connectivity index (χ0) is 13.0. The molecule has 1 aliphatic rings. The van der Waals surface area contributed by atoms with E-state index < -0.39 is 0 Å². The standard InChI is InChI=1S/C14H24N4/c1-4-6-11-16-12(15-9-5-2)10-13(17-11)18-14(3)7-8-14/h10H,4-9H2,1-3H3,(H2,15,16,17,18). The number of hydrogen-bond acceptors (Lipinski definition) is 4. The first-order chi connectivity index (χ1) is 8.65. The molecule has 0 aliphatic heterocycles. The summed E-state index contributed by atoms with van der Waals surface area (Å²) < 4.78 is 0. The average Bonchev–Trinajstić information content (AvgIpc) is 3.04. The van der Waals surface area contributed by atoms with Crippen LogP contribution >= 0.6 is 0 Å². The van der Waals surface area contributed by atoms with Gasteiger partial charge in [-0.05, 0) is 32.6 Å². The van der Waals surface area contributed by atoms with E-state index in [0.29, 0.717) is 0 Å². The molecule has 1 aliphatic carbocycles. The summed E-state index contributed by atoms with van der Waals surface area (Å²) in [7, 11) is 0. The van der Waals surface area contributed by atoms with Gasteiger partial charge in [0, 0.05) is 24.6 Å². The second kappa shape index (κ2) is 5.55. The fourth-order valence-corrected chi connectivity index (χ4v) is 1.86. The fraction of sp³-hybridized carbons (Fsp3) is 0.714. The van der Waals surface area contributed by atoms with Crippen molar-refractivity contribution in [2.24, 2.45) is 0 Å². The third-order valence-electron chi connectivity index (χ3n) is 3.23. The number of nitrogens with zero attached hydrogens (tertiary/aromatic N) is 2. The molecule has 18 heavy (non-hydrogen) atoms. The molecule has 0 amide bonds. The van der Waals surface area contributed by atoms with Gasteiger partial charge in [0.1, 0.15) is 17.5 Å². The Kier molecular flexibility index (Phi) is 4.04. The Morgan fingerprint density at radius 2 is 1.89 bits per heavy atom. The van der Waals surface area contributed by atoms with E-state index in [1.54, 1.807) is 0 Å². The quantitative estimate of drug-likeness (QED) is 0.778. The predicted octanol–water partition coefficient (Wildman–Crippen LogP) is 3.22. The van der Waals surface area contributed by atoms with Gasteiger partial charge >= 0.3 is 0 Å². The molecule has 0 unspecified atom stereocenters. The molecular formula is C14H24N4. The smallest absolute Gasteiger partial charge is 0.133 e. The maximum Gasteiger partial charge on any atom is 0.133 e.